The van der Waals surface area contributed by atoms with E-state index in [0.717, 1.165) is 12.0 Å². The molecule has 0 aliphatic carbocycles. The van der Waals surface area contributed by atoms with Gasteiger partial charge in [-0.25, -0.2) is 0 Å². The molecule has 0 radical (unpaired) electrons. The Balaban J connectivity index is 2.08. The highest BCUT2D eigenvalue weighted by atomic mass is 35.5. The molecular formula is C23H22Cl2. The first kappa shape index (κ1) is 18.0. The van der Waals surface area contributed by atoms with E-state index in [4.69, 9.17) is 23.2 Å². The van der Waals surface area contributed by atoms with Crippen molar-refractivity contribution in [1.82, 2.24) is 0 Å². The molecule has 0 amide bonds. The number of aryl methyl sites for hydroxylation is 1. The van der Waals surface area contributed by atoms with E-state index in [9.17, 15) is 0 Å². The van der Waals surface area contributed by atoms with Crippen LogP contribution in [-0.2, 0) is 11.8 Å². The van der Waals surface area contributed by atoms with Crippen LogP contribution in [0.1, 0.15) is 37.5 Å². The van der Waals surface area contributed by atoms with Gasteiger partial charge in [0.2, 0.25) is 0 Å². The molecule has 0 aliphatic heterocycles. The molecule has 0 saturated heterocycles. The molecule has 3 rings (SSSR count). The van der Waals surface area contributed by atoms with Gasteiger partial charge in [0.25, 0.3) is 0 Å². The average Bonchev–Trinajstić information content (AvgIpc) is 2.61. The lowest BCUT2D eigenvalue weighted by Crippen LogP contribution is -2.19. The molecule has 128 valence electrons. The normalized spacial score (nSPS) is 11.6. The van der Waals surface area contributed by atoms with Gasteiger partial charge in [-0.1, -0.05) is 92.5 Å². The lowest BCUT2D eigenvalue weighted by molar-refractivity contribution is 0.640. The molecule has 0 aromatic heterocycles. The average molecular weight is 369 g/mol. The second-order valence-electron chi connectivity index (χ2n) is 6.87. The number of hydrogen-bond acceptors (Lipinski definition) is 0. The van der Waals surface area contributed by atoms with E-state index in [-0.39, 0.29) is 5.41 Å². The van der Waals surface area contributed by atoms with Crippen LogP contribution in [0, 0.1) is 0 Å². The third kappa shape index (κ3) is 3.76. The Morgan fingerprint density at radius 3 is 2.00 bits per heavy atom. The molecule has 0 aliphatic rings. The Labute approximate surface area is 160 Å². The first-order valence-corrected chi connectivity index (χ1v) is 9.33. The minimum Gasteiger partial charge on any atom is -0.0843 e. The SMILES string of the molecule is CCc1cc(C(C)(C)c2ccccc2)ccc1-c1cc(Cl)cc(Cl)c1. The predicted molar refractivity (Wildman–Crippen MR) is 110 cm³/mol. The number of halogens is 2. The van der Waals surface area contributed by atoms with Gasteiger partial charge in [-0.15, -0.1) is 0 Å². The van der Waals surface area contributed by atoms with Gasteiger partial charge in [0.05, 0.1) is 0 Å². The van der Waals surface area contributed by atoms with Crippen molar-refractivity contribution in [3.8, 4) is 11.1 Å². The van der Waals surface area contributed by atoms with Crippen molar-refractivity contribution in [2.75, 3.05) is 0 Å². The minimum absolute atomic E-state index is 0.0459. The van der Waals surface area contributed by atoms with Gasteiger partial charge in [-0.05, 0) is 52.4 Å². The van der Waals surface area contributed by atoms with Crippen LogP contribution < -0.4 is 0 Å². The second-order valence-corrected chi connectivity index (χ2v) is 7.75. The number of hydrogen-bond donors (Lipinski definition) is 0. The number of benzene rings is 3. The lowest BCUT2D eigenvalue weighted by atomic mass is 9.77. The van der Waals surface area contributed by atoms with Gasteiger partial charge in [0, 0.05) is 15.5 Å². The molecular weight excluding hydrogens is 347 g/mol. The molecule has 0 unspecified atom stereocenters. The predicted octanol–water partition coefficient (Wildman–Crippen LogP) is 7.55. The molecule has 0 atom stereocenters. The van der Waals surface area contributed by atoms with E-state index in [1.807, 2.05) is 12.1 Å². The summed E-state index contributed by atoms with van der Waals surface area (Å²) in [5.41, 5.74) is 6.15. The fourth-order valence-electron chi connectivity index (χ4n) is 3.29. The highest BCUT2D eigenvalue weighted by molar-refractivity contribution is 6.35. The first-order chi connectivity index (χ1) is 11.9. The van der Waals surface area contributed by atoms with Crippen LogP contribution in [0.15, 0.2) is 66.7 Å². The van der Waals surface area contributed by atoms with Gasteiger partial charge in [-0.2, -0.15) is 0 Å². The molecule has 2 heteroatoms. The van der Waals surface area contributed by atoms with E-state index >= 15 is 0 Å². The van der Waals surface area contributed by atoms with Crippen LogP contribution in [0.3, 0.4) is 0 Å². The molecule has 3 aromatic carbocycles. The first-order valence-electron chi connectivity index (χ1n) is 8.57. The van der Waals surface area contributed by atoms with E-state index in [1.54, 1.807) is 6.07 Å². The van der Waals surface area contributed by atoms with E-state index < -0.39 is 0 Å². The van der Waals surface area contributed by atoms with Gasteiger partial charge in [0.15, 0.2) is 0 Å². The van der Waals surface area contributed by atoms with Crippen molar-refractivity contribution in [1.29, 1.82) is 0 Å². The molecule has 0 saturated carbocycles. The van der Waals surface area contributed by atoms with Crippen molar-refractivity contribution in [3.05, 3.63) is 93.5 Å². The molecule has 0 nitrogen and oxygen atoms in total. The van der Waals surface area contributed by atoms with E-state index in [0.29, 0.717) is 10.0 Å². The van der Waals surface area contributed by atoms with Gasteiger partial charge in [0.1, 0.15) is 0 Å². The summed E-state index contributed by atoms with van der Waals surface area (Å²) in [7, 11) is 0. The third-order valence-corrected chi connectivity index (χ3v) is 5.31. The summed E-state index contributed by atoms with van der Waals surface area (Å²) >= 11 is 12.4. The zero-order valence-electron chi connectivity index (χ0n) is 14.8. The van der Waals surface area contributed by atoms with Crippen LogP contribution >= 0.6 is 23.2 Å². The Bertz CT molecular complexity index is 860. The smallest absolute Gasteiger partial charge is 0.0426 e. The molecule has 3 aromatic rings. The zero-order valence-corrected chi connectivity index (χ0v) is 16.3. The maximum absolute atomic E-state index is 6.20. The highest BCUT2D eigenvalue weighted by Gasteiger charge is 2.23. The van der Waals surface area contributed by atoms with Gasteiger partial charge < -0.3 is 0 Å². The van der Waals surface area contributed by atoms with Crippen molar-refractivity contribution in [2.24, 2.45) is 0 Å². The molecule has 0 heterocycles. The maximum atomic E-state index is 6.20. The molecule has 0 N–H and O–H groups in total. The van der Waals surface area contributed by atoms with Crippen LogP contribution in [0.4, 0.5) is 0 Å². The quantitative estimate of drug-likeness (QED) is 0.445. The zero-order chi connectivity index (χ0) is 18.0. The van der Waals surface area contributed by atoms with Crippen molar-refractivity contribution >= 4 is 23.2 Å². The number of rotatable bonds is 4. The fraction of sp³-hybridized carbons (Fsp3) is 0.217. The van der Waals surface area contributed by atoms with Gasteiger partial charge >= 0.3 is 0 Å². The van der Waals surface area contributed by atoms with E-state index in [2.05, 4.69) is 69.3 Å². The summed E-state index contributed by atoms with van der Waals surface area (Å²) in [6.07, 6.45) is 0.957. The Kier molecular flexibility index (Phi) is 5.22. The summed E-state index contributed by atoms with van der Waals surface area (Å²) in [5, 5.41) is 1.33. The summed E-state index contributed by atoms with van der Waals surface area (Å²) in [6.45, 7) is 6.73. The van der Waals surface area contributed by atoms with E-state index in [1.165, 1.54) is 22.3 Å². The molecule has 0 spiro atoms. The van der Waals surface area contributed by atoms with Crippen molar-refractivity contribution in [3.63, 3.8) is 0 Å². The summed E-state index contributed by atoms with van der Waals surface area (Å²) < 4.78 is 0. The largest absolute Gasteiger partial charge is 0.0843 e. The Morgan fingerprint density at radius 1 is 0.760 bits per heavy atom. The van der Waals surface area contributed by atoms with Crippen molar-refractivity contribution in [2.45, 2.75) is 32.6 Å². The summed E-state index contributed by atoms with van der Waals surface area (Å²) in [4.78, 5) is 0. The molecule has 0 fully saturated rings. The van der Waals surface area contributed by atoms with Crippen LogP contribution in [0.5, 0.6) is 0 Å². The maximum Gasteiger partial charge on any atom is 0.0426 e. The lowest BCUT2D eigenvalue weighted by Gasteiger charge is -2.27. The topological polar surface area (TPSA) is 0 Å². The monoisotopic (exact) mass is 368 g/mol. The van der Waals surface area contributed by atoms with Crippen LogP contribution in [0.2, 0.25) is 10.0 Å². The minimum atomic E-state index is -0.0459. The Hall–Kier alpha value is -1.76. The summed E-state index contributed by atoms with van der Waals surface area (Å²) in [6, 6.07) is 23.1. The second kappa shape index (κ2) is 7.23. The standard InChI is InChI=1S/C23H22Cl2/c1-4-16-12-19(23(2,3)18-8-6-5-7-9-18)10-11-22(16)17-13-20(24)15-21(25)14-17/h5-15H,4H2,1-3H3. The van der Waals surface area contributed by atoms with Crippen molar-refractivity contribution < 1.29 is 0 Å². The Morgan fingerprint density at radius 2 is 1.40 bits per heavy atom. The third-order valence-electron chi connectivity index (χ3n) is 4.88. The van der Waals surface area contributed by atoms with Gasteiger partial charge in [-0.3, -0.25) is 0 Å². The van der Waals surface area contributed by atoms with Crippen LogP contribution in [-0.4, -0.2) is 0 Å². The molecule has 0 bridgehead atoms. The van der Waals surface area contributed by atoms with Crippen LogP contribution in [0.25, 0.3) is 11.1 Å². The fourth-order valence-corrected chi connectivity index (χ4v) is 3.81. The molecule has 25 heavy (non-hydrogen) atoms. The summed E-state index contributed by atoms with van der Waals surface area (Å²) in [5.74, 6) is 0. The highest BCUT2D eigenvalue weighted by Crippen LogP contribution is 2.36.